The number of halogens is 6. The first kappa shape index (κ1) is 47.7. The molecule has 0 aliphatic heterocycles. The number of nitrogens with zero attached hydrogens (tertiary/aromatic N) is 1. The maximum atomic E-state index is 14.2. The SMILES string of the molecule is CC(=O)CCC(=O)c1cc(Cl)ccc1OCc1ccc(F)cc1F.Cc1ccc(-c2cc(Cl)ccc2OCc2ccc(F)cc2F)n1-c1ccc(S(=O)(=O)NC(=O)c2ccccc2)cc1. The largest absolute Gasteiger partial charge is 0.488 e. The van der Waals surface area contributed by atoms with Crippen LogP contribution in [0, 0.1) is 30.2 Å². The minimum Gasteiger partial charge on any atom is -0.488 e. The molecule has 1 N–H and O–H groups in total. The number of benzene rings is 6. The number of sulfonamides is 1. The molecule has 16 heteroatoms. The molecule has 1 heterocycles. The fourth-order valence-electron chi connectivity index (χ4n) is 6.38. The van der Waals surface area contributed by atoms with Crippen molar-refractivity contribution in [2.45, 2.75) is 44.8 Å². The first-order valence-electron chi connectivity index (χ1n) is 19.7. The summed E-state index contributed by atoms with van der Waals surface area (Å²) in [4.78, 5) is 35.6. The summed E-state index contributed by atoms with van der Waals surface area (Å²) in [5, 5.41) is 0.794. The first-order valence-corrected chi connectivity index (χ1v) is 21.9. The maximum absolute atomic E-state index is 14.2. The summed E-state index contributed by atoms with van der Waals surface area (Å²) >= 11 is 12.2. The van der Waals surface area contributed by atoms with Crippen molar-refractivity contribution in [2.24, 2.45) is 0 Å². The van der Waals surface area contributed by atoms with Crippen LogP contribution in [0.15, 0.2) is 144 Å². The van der Waals surface area contributed by atoms with Gasteiger partial charge in [0.1, 0.15) is 53.8 Å². The van der Waals surface area contributed by atoms with Crippen molar-refractivity contribution in [3.05, 3.63) is 201 Å². The Kier molecular flexibility index (Phi) is 15.6. The van der Waals surface area contributed by atoms with Crippen LogP contribution < -0.4 is 14.2 Å². The Morgan fingerprint density at radius 1 is 0.646 bits per heavy atom. The average Bonchev–Trinajstić information content (AvgIpc) is 3.66. The zero-order valence-corrected chi connectivity index (χ0v) is 36.9. The van der Waals surface area contributed by atoms with Gasteiger partial charge in [-0.15, -0.1) is 0 Å². The Labute approximate surface area is 382 Å². The molecule has 1 aromatic heterocycles. The highest BCUT2D eigenvalue weighted by Gasteiger charge is 2.21. The van der Waals surface area contributed by atoms with Gasteiger partial charge in [0.2, 0.25) is 0 Å². The maximum Gasteiger partial charge on any atom is 0.264 e. The topological polar surface area (TPSA) is 121 Å². The number of ether oxygens (including phenoxy) is 2. The number of nitrogens with one attached hydrogen (secondary N) is 1. The Morgan fingerprint density at radius 3 is 1.80 bits per heavy atom. The van der Waals surface area contributed by atoms with E-state index in [9.17, 15) is 40.4 Å². The molecule has 9 nitrogen and oxygen atoms in total. The lowest BCUT2D eigenvalue weighted by molar-refractivity contribution is -0.117. The van der Waals surface area contributed by atoms with Crippen molar-refractivity contribution in [1.82, 2.24) is 9.29 Å². The van der Waals surface area contributed by atoms with Gasteiger partial charge in [-0.1, -0.05) is 41.4 Å². The number of hydrogen-bond acceptors (Lipinski definition) is 7. The van der Waals surface area contributed by atoms with Gasteiger partial charge in [-0.3, -0.25) is 9.59 Å². The lowest BCUT2D eigenvalue weighted by Crippen LogP contribution is -2.30. The van der Waals surface area contributed by atoms with E-state index in [1.54, 1.807) is 54.6 Å². The van der Waals surface area contributed by atoms with Crippen LogP contribution in [0.3, 0.4) is 0 Å². The molecular weight excluding hydrogens is 908 g/mol. The van der Waals surface area contributed by atoms with Crippen LogP contribution in [-0.4, -0.2) is 30.5 Å². The van der Waals surface area contributed by atoms with E-state index in [-0.39, 0.29) is 70.5 Å². The molecule has 1 amide bonds. The highest BCUT2D eigenvalue weighted by molar-refractivity contribution is 7.90. The lowest BCUT2D eigenvalue weighted by atomic mass is 10.0. The van der Waals surface area contributed by atoms with Crippen molar-refractivity contribution in [3.63, 3.8) is 0 Å². The Bertz CT molecular complexity index is 2980. The Balaban J connectivity index is 0.000000248. The fraction of sp³-hybridized carbons (Fsp3) is 0.122. The van der Waals surface area contributed by atoms with Crippen LogP contribution in [0.4, 0.5) is 17.6 Å². The molecule has 0 saturated carbocycles. The predicted molar refractivity (Wildman–Crippen MR) is 239 cm³/mol. The molecule has 7 rings (SSSR count). The van der Waals surface area contributed by atoms with Gasteiger partial charge < -0.3 is 18.8 Å². The average molecular weight is 946 g/mol. The van der Waals surface area contributed by atoms with Crippen molar-refractivity contribution < 1.29 is 49.8 Å². The second kappa shape index (κ2) is 21.3. The molecule has 334 valence electrons. The molecule has 0 atom stereocenters. The third kappa shape index (κ3) is 12.5. The van der Waals surface area contributed by atoms with Crippen molar-refractivity contribution >= 4 is 50.7 Å². The number of aryl methyl sites for hydroxylation is 1. The van der Waals surface area contributed by atoms with Gasteiger partial charge in [0.15, 0.2) is 5.78 Å². The Morgan fingerprint density at radius 2 is 1.22 bits per heavy atom. The molecule has 0 aliphatic rings. The second-order valence-electron chi connectivity index (χ2n) is 14.4. The summed E-state index contributed by atoms with van der Waals surface area (Å²) in [6.07, 6.45) is 0.161. The van der Waals surface area contributed by atoms with Crippen LogP contribution in [0.2, 0.25) is 10.0 Å². The number of hydrogen-bond donors (Lipinski definition) is 1. The molecular formula is C49H38Cl2F4N2O7S. The number of carbonyl (C=O) groups excluding carboxylic acids is 3. The van der Waals surface area contributed by atoms with Gasteiger partial charge in [0.25, 0.3) is 15.9 Å². The van der Waals surface area contributed by atoms with Gasteiger partial charge in [-0.25, -0.2) is 30.7 Å². The van der Waals surface area contributed by atoms with E-state index in [0.717, 1.165) is 30.0 Å². The van der Waals surface area contributed by atoms with Gasteiger partial charge in [-0.2, -0.15) is 0 Å². The number of aromatic nitrogens is 1. The molecule has 0 fully saturated rings. The molecule has 0 aliphatic carbocycles. The van der Waals surface area contributed by atoms with Crippen LogP contribution in [-0.2, 0) is 28.0 Å². The zero-order valence-electron chi connectivity index (χ0n) is 34.6. The van der Waals surface area contributed by atoms with E-state index in [0.29, 0.717) is 32.7 Å². The van der Waals surface area contributed by atoms with Crippen molar-refractivity contribution in [2.75, 3.05) is 0 Å². The first-order chi connectivity index (χ1) is 31.0. The minimum atomic E-state index is -4.12. The zero-order chi connectivity index (χ0) is 46.8. The van der Waals surface area contributed by atoms with E-state index in [2.05, 4.69) is 4.72 Å². The number of rotatable bonds is 15. The molecule has 0 saturated heterocycles. The van der Waals surface area contributed by atoms with Crippen molar-refractivity contribution in [3.8, 4) is 28.4 Å². The molecule has 0 unspecified atom stereocenters. The lowest BCUT2D eigenvalue weighted by Gasteiger charge is -2.17. The Hall–Kier alpha value is -6.74. The monoisotopic (exact) mass is 944 g/mol. The van der Waals surface area contributed by atoms with Crippen molar-refractivity contribution in [1.29, 1.82) is 0 Å². The third-order valence-electron chi connectivity index (χ3n) is 9.70. The highest BCUT2D eigenvalue weighted by Crippen LogP contribution is 2.36. The van der Waals surface area contributed by atoms with Crippen LogP contribution in [0.5, 0.6) is 11.5 Å². The van der Waals surface area contributed by atoms with E-state index >= 15 is 0 Å². The smallest absolute Gasteiger partial charge is 0.264 e. The standard InChI is InChI=1S/C31H23ClF2N2O4S.C18H15ClF2O3/c1-20-7-15-29(27-17-23(32)9-16-30(27)40-19-22-8-10-24(33)18-28(22)34)36(20)25-11-13-26(14-12-25)41(38,39)35-31(37)21-5-3-2-4-6-21;1-11(22)2-6-17(23)15-8-13(19)4-7-18(15)24-10-12-3-5-14(20)9-16(12)21/h2-18H,19H2,1H3,(H,35,37);3-5,7-9H,2,6,10H2,1H3. The van der Waals surface area contributed by atoms with Crippen LogP contribution in [0.25, 0.3) is 16.9 Å². The number of amides is 1. The molecule has 7 aromatic rings. The van der Waals surface area contributed by atoms with E-state index in [4.69, 9.17) is 32.7 Å². The fourth-order valence-corrected chi connectivity index (χ4v) is 7.70. The minimum absolute atomic E-state index is 0.0386. The third-order valence-corrected chi connectivity index (χ3v) is 11.5. The summed E-state index contributed by atoms with van der Waals surface area (Å²) in [6, 6.07) is 33.8. The van der Waals surface area contributed by atoms with Crippen LogP contribution >= 0.6 is 23.2 Å². The summed E-state index contributed by atoms with van der Waals surface area (Å²) in [5.41, 5.74) is 3.58. The second-order valence-corrected chi connectivity index (χ2v) is 17.0. The normalized spacial score (nSPS) is 11.0. The summed E-state index contributed by atoms with van der Waals surface area (Å²) in [7, 11) is -4.12. The molecule has 0 radical (unpaired) electrons. The molecule has 65 heavy (non-hydrogen) atoms. The summed E-state index contributed by atoms with van der Waals surface area (Å²) in [5.74, 6) is -3.26. The summed E-state index contributed by atoms with van der Waals surface area (Å²) in [6.45, 7) is 2.98. The number of carbonyl (C=O) groups is 3. The molecule has 0 bridgehead atoms. The van der Waals surface area contributed by atoms with E-state index < -0.39 is 39.2 Å². The van der Waals surface area contributed by atoms with Gasteiger partial charge in [0, 0.05) is 68.7 Å². The number of ketones is 2. The van der Waals surface area contributed by atoms with Gasteiger partial charge >= 0.3 is 0 Å². The quantitative estimate of drug-likeness (QED) is 0.0802. The van der Waals surface area contributed by atoms with E-state index in [1.807, 2.05) is 23.6 Å². The van der Waals surface area contributed by atoms with E-state index in [1.165, 1.54) is 55.5 Å². The van der Waals surface area contributed by atoms with Gasteiger partial charge in [0.05, 0.1) is 16.2 Å². The number of Topliss-reactive ketones (excluding diaryl/α,β-unsaturated/α-hetero) is 2. The predicted octanol–water partition coefficient (Wildman–Crippen LogP) is 11.8. The van der Waals surface area contributed by atoms with Gasteiger partial charge in [-0.05, 0) is 123 Å². The van der Waals surface area contributed by atoms with Crippen LogP contribution in [0.1, 0.15) is 57.3 Å². The molecule has 0 spiro atoms. The summed E-state index contributed by atoms with van der Waals surface area (Å²) < 4.78 is 95.2. The highest BCUT2D eigenvalue weighted by atomic mass is 35.5. The molecule has 6 aromatic carbocycles.